The van der Waals surface area contributed by atoms with E-state index in [1.165, 1.54) is 18.5 Å². The van der Waals surface area contributed by atoms with Crippen LogP contribution in [0.15, 0.2) is 12.5 Å². The van der Waals surface area contributed by atoms with Crippen LogP contribution in [0, 0.1) is 0 Å². The van der Waals surface area contributed by atoms with Crippen LogP contribution in [0.3, 0.4) is 0 Å². The smallest absolute Gasteiger partial charge is 0.0948 e. The first-order valence-electron chi connectivity index (χ1n) is 6.00. The number of rotatable bonds is 7. The highest BCUT2D eigenvalue weighted by molar-refractivity contribution is 5.04. The monoisotopic (exact) mass is 209 g/mol. The summed E-state index contributed by atoms with van der Waals surface area (Å²) in [6, 6.07) is 0. The van der Waals surface area contributed by atoms with E-state index in [-0.39, 0.29) is 0 Å². The lowest BCUT2D eigenvalue weighted by Crippen LogP contribution is -2.16. The highest BCUT2D eigenvalue weighted by Gasteiger charge is 2.08. The molecule has 1 heterocycles. The number of hydrogen-bond acceptors (Lipinski definition) is 2. The lowest BCUT2D eigenvalue weighted by Gasteiger charge is -2.12. The minimum absolute atomic E-state index is 0.617. The molecule has 0 aliphatic rings. The topological polar surface area (TPSA) is 29.9 Å². The van der Waals surface area contributed by atoms with Gasteiger partial charge in [-0.2, -0.15) is 0 Å². The fraction of sp³-hybridized carbons (Fsp3) is 0.750. The maximum atomic E-state index is 4.23. The zero-order chi connectivity index (χ0) is 11.1. The van der Waals surface area contributed by atoms with Gasteiger partial charge in [-0.05, 0) is 31.8 Å². The molecule has 1 aromatic heterocycles. The van der Waals surface area contributed by atoms with Crippen molar-refractivity contribution in [2.24, 2.45) is 0 Å². The summed E-state index contributed by atoms with van der Waals surface area (Å²) < 4.78 is 2.28. The first-order valence-corrected chi connectivity index (χ1v) is 6.00. The number of aromatic nitrogens is 2. The molecule has 0 radical (unpaired) electrons. The van der Waals surface area contributed by atoms with E-state index in [0.29, 0.717) is 5.92 Å². The van der Waals surface area contributed by atoms with Crippen molar-refractivity contribution in [3.8, 4) is 0 Å². The molecule has 0 amide bonds. The summed E-state index contributed by atoms with van der Waals surface area (Å²) in [4.78, 5) is 4.23. The van der Waals surface area contributed by atoms with Gasteiger partial charge in [-0.25, -0.2) is 4.98 Å². The van der Waals surface area contributed by atoms with Crippen molar-refractivity contribution >= 4 is 0 Å². The molecule has 0 fully saturated rings. The van der Waals surface area contributed by atoms with Crippen LogP contribution in [-0.4, -0.2) is 22.6 Å². The molecule has 1 atom stereocenters. The van der Waals surface area contributed by atoms with Crippen LogP contribution in [0.1, 0.15) is 45.2 Å². The Bertz CT molecular complexity index is 268. The van der Waals surface area contributed by atoms with Gasteiger partial charge in [-0.1, -0.05) is 20.8 Å². The van der Waals surface area contributed by atoms with Gasteiger partial charge in [-0.3, -0.25) is 0 Å². The number of nitrogens with one attached hydrogen (secondary N) is 1. The molecule has 1 aromatic rings. The average Bonchev–Trinajstić information content (AvgIpc) is 2.71. The third kappa shape index (κ3) is 3.67. The third-order valence-electron chi connectivity index (χ3n) is 2.86. The van der Waals surface area contributed by atoms with E-state index in [0.717, 1.165) is 19.6 Å². The minimum atomic E-state index is 0.617. The first-order chi connectivity index (χ1) is 7.29. The summed E-state index contributed by atoms with van der Waals surface area (Å²) in [5.74, 6) is 0.617. The normalized spacial score (nSPS) is 13.0. The Hall–Kier alpha value is -0.830. The van der Waals surface area contributed by atoms with Gasteiger partial charge in [0.25, 0.3) is 0 Å². The summed E-state index contributed by atoms with van der Waals surface area (Å²) in [6.45, 7) is 9.85. The van der Waals surface area contributed by atoms with E-state index in [1.54, 1.807) is 0 Å². The number of nitrogens with zero attached hydrogens (tertiary/aromatic N) is 2. The predicted octanol–water partition coefficient (Wildman–Crippen LogP) is 2.40. The largest absolute Gasteiger partial charge is 0.334 e. The Morgan fingerprint density at radius 2 is 2.27 bits per heavy atom. The van der Waals surface area contributed by atoms with Crippen molar-refractivity contribution in [2.45, 2.75) is 46.1 Å². The van der Waals surface area contributed by atoms with Crippen molar-refractivity contribution in [3.05, 3.63) is 18.2 Å². The van der Waals surface area contributed by atoms with E-state index < -0.39 is 0 Å². The summed E-state index contributed by atoms with van der Waals surface area (Å²) in [6.07, 6.45) is 6.31. The highest BCUT2D eigenvalue weighted by atomic mass is 15.0. The fourth-order valence-corrected chi connectivity index (χ4v) is 1.69. The Balaban J connectivity index is 2.43. The Kier molecular flexibility index (Phi) is 5.40. The van der Waals surface area contributed by atoms with Gasteiger partial charge in [0.15, 0.2) is 0 Å². The van der Waals surface area contributed by atoms with Crippen molar-refractivity contribution in [3.63, 3.8) is 0 Å². The van der Waals surface area contributed by atoms with Crippen LogP contribution in [0.2, 0.25) is 0 Å². The van der Waals surface area contributed by atoms with Crippen LogP contribution in [-0.2, 0) is 6.54 Å². The van der Waals surface area contributed by atoms with Gasteiger partial charge in [0.2, 0.25) is 0 Å². The molecule has 0 aliphatic heterocycles. The van der Waals surface area contributed by atoms with Crippen LogP contribution in [0.5, 0.6) is 0 Å². The molecule has 3 heteroatoms. The molecule has 1 unspecified atom stereocenters. The molecule has 3 nitrogen and oxygen atoms in total. The SMILES string of the molecule is CCNCCCn1cncc1C(C)CC. The summed E-state index contributed by atoms with van der Waals surface area (Å²) in [5.41, 5.74) is 1.37. The second-order valence-corrected chi connectivity index (χ2v) is 4.03. The van der Waals surface area contributed by atoms with Crippen molar-refractivity contribution < 1.29 is 0 Å². The molecular formula is C12H23N3. The van der Waals surface area contributed by atoms with Gasteiger partial charge in [0.05, 0.1) is 6.33 Å². The van der Waals surface area contributed by atoms with E-state index in [9.17, 15) is 0 Å². The second-order valence-electron chi connectivity index (χ2n) is 4.03. The van der Waals surface area contributed by atoms with E-state index >= 15 is 0 Å². The molecule has 1 rings (SSSR count). The quantitative estimate of drug-likeness (QED) is 0.699. The van der Waals surface area contributed by atoms with Crippen molar-refractivity contribution in [1.29, 1.82) is 0 Å². The van der Waals surface area contributed by atoms with E-state index in [1.807, 2.05) is 12.5 Å². The Morgan fingerprint density at radius 1 is 1.47 bits per heavy atom. The molecule has 0 saturated heterocycles. The molecule has 0 aromatic carbocycles. The summed E-state index contributed by atoms with van der Waals surface area (Å²) in [5, 5.41) is 3.34. The first kappa shape index (κ1) is 12.2. The second kappa shape index (κ2) is 6.62. The maximum absolute atomic E-state index is 4.23. The number of hydrogen-bond donors (Lipinski definition) is 1. The lowest BCUT2D eigenvalue weighted by molar-refractivity contribution is 0.555. The van der Waals surface area contributed by atoms with Crippen LogP contribution in [0.4, 0.5) is 0 Å². The molecule has 1 N–H and O–H groups in total. The summed E-state index contributed by atoms with van der Waals surface area (Å²) in [7, 11) is 0. The highest BCUT2D eigenvalue weighted by Crippen LogP contribution is 2.17. The Morgan fingerprint density at radius 3 is 2.93 bits per heavy atom. The molecule has 0 bridgehead atoms. The van der Waals surface area contributed by atoms with Crippen LogP contribution >= 0.6 is 0 Å². The van der Waals surface area contributed by atoms with Crippen LogP contribution in [0.25, 0.3) is 0 Å². The maximum Gasteiger partial charge on any atom is 0.0948 e. The number of imidazole rings is 1. The standard InChI is InChI=1S/C12H23N3/c1-4-11(3)12-9-14-10-15(12)8-6-7-13-5-2/h9-11,13H,4-8H2,1-3H3. The zero-order valence-corrected chi connectivity index (χ0v) is 10.2. The average molecular weight is 209 g/mol. The number of aryl methyl sites for hydroxylation is 1. The van der Waals surface area contributed by atoms with E-state index in [4.69, 9.17) is 0 Å². The van der Waals surface area contributed by atoms with Gasteiger partial charge in [-0.15, -0.1) is 0 Å². The van der Waals surface area contributed by atoms with Crippen LogP contribution < -0.4 is 5.32 Å². The van der Waals surface area contributed by atoms with Gasteiger partial charge < -0.3 is 9.88 Å². The summed E-state index contributed by atoms with van der Waals surface area (Å²) >= 11 is 0. The van der Waals surface area contributed by atoms with Crippen molar-refractivity contribution in [2.75, 3.05) is 13.1 Å². The molecule has 86 valence electrons. The van der Waals surface area contributed by atoms with E-state index in [2.05, 4.69) is 35.6 Å². The Labute approximate surface area is 92.9 Å². The molecule has 15 heavy (non-hydrogen) atoms. The molecule has 0 saturated carbocycles. The lowest BCUT2D eigenvalue weighted by atomic mass is 10.1. The fourth-order valence-electron chi connectivity index (χ4n) is 1.69. The molecule has 0 spiro atoms. The minimum Gasteiger partial charge on any atom is -0.334 e. The predicted molar refractivity (Wildman–Crippen MR) is 64.1 cm³/mol. The zero-order valence-electron chi connectivity index (χ0n) is 10.2. The molecular weight excluding hydrogens is 186 g/mol. The third-order valence-corrected chi connectivity index (χ3v) is 2.86. The van der Waals surface area contributed by atoms with Gasteiger partial charge in [0, 0.05) is 18.4 Å². The van der Waals surface area contributed by atoms with Crippen molar-refractivity contribution in [1.82, 2.24) is 14.9 Å². The molecule has 0 aliphatic carbocycles. The van der Waals surface area contributed by atoms with Gasteiger partial charge in [0.1, 0.15) is 0 Å². The van der Waals surface area contributed by atoms with Gasteiger partial charge >= 0.3 is 0 Å².